The monoisotopic (exact) mass is 302 g/mol. The molecule has 0 aliphatic heterocycles. The number of Topliss-reactive ketones (excluding diaryl/α,β-unsaturated/α-hetero) is 1. The van der Waals surface area contributed by atoms with Gasteiger partial charge in [0.2, 0.25) is 5.91 Å². The van der Waals surface area contributed by atoms with E-state index >= 15 is 0 Å². The molecule has 1 amide bonds. The molecule has 1 rings (SSSR count). The zero-order valence-electron chi connectivity index (χ0n) is 11.6. The third-order valence-electron chi connectivity index (χ3n) is 2.75. The maximum atomic E-state index is 13.0. The average molecular weight is 303 g/mol. The molecule has 0 spiro atoms. The fraction of sp³-hybridized carbons (Fsp3) is 0.429. The fourth-order valence-electron chi connectivity index (χ4n) is 1.70. The van der Waals surface area contributed by atoms with Gasteiger partial charge in [0.15, 0.2) is 5.78 Å². The molecule has 0 saturated heterocycles. The summed E-state index contributed by atoms with van der Waals surface area (Å²) in [7, 11) is 1.79. The summed E-state index contributed by atoms with van der Waals surface area (Å²) >= 11 is 0. The van der Waals surface area contributed by atoms with E-state index in [0.717, 1.165) is 0 Å². The third-order valence-corrected chi connectivity index (χ3v) is 2.75. The Bertz CT molecular complexity index is 455. The highest BCUT2D eigenvalue weighted by Crippen LogP contribution is 2.13. The Labute approximate surface area is 124 Å². The molecule has 20 heavy (non-hydrogen) atoms. The van der Waals surface area contributed by atoms with Gasteiger partial charge in [-0.05, 0) is 19.2 Å². The van der Waals surface area contributed by atoms with Crippen LogP contribution in [0.4, 0.5) is 4.39 Å². The first kappa shape index (κ1) is 18.5. The summed E-state index contributed by atoms with van der Waals surface area (Å²) < 4.78 is 13.0. The predicted octanol–water partition coefficient (Wildman–Crippen LogP) is 1.79. The molecular weight excluding hydrogens is 283 g/mol. The Morgan fingerprint density at radius 1 is 1.30 bits per heavy atom. The van der Waals surface area contributed by atoms with E-state index in [0.29, 0.717) is 18.7 Å². The van der Waals surface area contributed by atoms with E-state index in [1.165, 1.54) is 18.2 Å². The van der Waals surface area contributed by atoms with Crippen molar-refractivity contribution in [1.29, 1.82) is 0 Å². The van der Waals surface area contributed by atoms with Crippen LogP contribution in [0.2, 0.25) is 0 Å². The van der Waals surface area contributed by atoms with Gasteiger partial charge in [-0.15, -0.1) is 12.4 Å². The van der Waals surface area contributed by atoms with Crippen LogP contribution in [-0.4, -0.2) is 31.8 Å². The van der Waals surface area contributed by atoms with Crippen molar-refractivity contribution < 1.29 is 14.0 Å². The molecule has 6 heteroatoms. The fourth-order valence-corrected chi connectivity index (χ4v) is 1.70. The lowest BCUT2D eigenvalue weighted by Gasteiger charge is -2.11. The van der Waals surface area contributed by atoms with Gasteiger partial charge in [-0.3, -0.25) is 9.59 Å². The van der Waals surface area contributed by atoms with Gasteiger partial charge in [-0.25, -0.2) is 4.39 Å². The lowest BCUT2D eigenvalue weighted by molar-refractivity contribution is -0.121. The van der Waals surface area contributed by atoms with Crippen molar-refractivity contribution in [3.63, 3.8) is 0 Å². The normalized spacial score (nSPS) is 11.3. The highest BCUT2D eigenvalue weighted by Gasteiger charge is 2.18. The van der Waals surface area contributed by atoms with Crippen molar-refractivity contribution >= 4 is 24.1 Å². The highest BCUT2D eigenvalue weighted by atomic mass is 35.5. The molecule has 0 aliphatic rings. The van der Waals surface area contributed by atoms with Gasteiger partial charge < -0.3 is 10.6 Å². The Morgan fingerprint density at radius 2 is 2.00 bits per heavy atom. The van der Waals surface area contributed by atoms with Crippen LogP contribution in [0.1, 0.15) is 23.7 Å². The van der Waals surface area contributed by atoms with Crippen molar-refractivity contribution in [2.24, 2.45) is 5.92 Å². The van der Waals surface area contributed by atoms with E-state index in [9.17, 15) is 14.0 Å². The summed E-state index contributed by atoms with van der Waals surface area (Å²) in [6.07, 6.45) is 0.110. The van der Waals surface area contributed by atoms with Crippen molar-refractivity contribution in [2.75, 3.05) is 20.1 Å². The lowest BCUT2D eigenvalue weighted by Crippen LogP contribution is -2.32. The molecule has 1 aromatic rings. The van der Waals surface area contributed by atoms with Crippen LogP contribution in [0, 0.1) is 11.7 Å². The van der Waals surface area contributed by atoms with Gasteiger partial charge in [-0.2, -0.15) is 0 Å². The Kier molecular flexibility index (Phi) is 8.76. The van der Waals surface area contributed by atoms with Gasteiger partial charge in [-0.1, -0.05) is 19.1 Å². The van der Waals surface area contributed by atoms with Crippen LogP contribution >= 0.6 is 12.4 Å². The van der Waals surface area contributed by atoms with Crippen LogP contribution in [-0.2, 0) is 4.79 Å². The number of nitrogens with one attached hydrogen (secondary N) is 2. The zero-order chi connectivity index (χ0) is 14.3. The molecule has 4 nitrogen and oxygen atoms in total. The Morgan fingerprint density at radius 3 is 2.60 bits per heavy atom. The van der Waals surface area contributed by atoms with E-state index < -0.39 is 11.7 Å². The predicted molar refractivity (Wildman–Crippen MR) is 78.7 cm³/mol. The number of carbonyl (C=O) groups is 2. The van der Waals surface area contributed by atoms with E-state index in [2.05, 4.69) is 10.6 Å². The minimum absolute atomic E-state index is 0. The molecule has 0 aliphatic carbocycles. The molecule has 1 aromatic carbocycles. The van der Waals surface area contributed by atoms with Gasteiger partial charge >= 0.3 is 0 Å². The first-order valence-electron chi connectivity index (χ1n) is 6.25. The number of amides is 1. The molecule has 1 atom stereocenters. The van der Waals surface area contributed by atoms with Crippen molar-refractivity contribution in [1.82, 2.24) is 10.6 Å². The van der Waals surface area contributed by atoms with Crippen LogP contribution < -0.4 is 10.6 Å². The van der Waals surface area contributed by atoms with E-state index in [4.69, 9.17) is 0 Å². The molecular formula is C14H20ClFN2O2. The smallest absolute Gasteiger partial charge is 0.220 e. The number of halogens is 2. The topological polar surface area (TPSA) is 58.2 Å². The van der Waals surface area contributed by atoms with Crippen LogP contribution in [0.15, 0.2) is 24.3 Å². The number of carbonyl (C=O) groups excluding carboxylic acids is 2. The quantitative estimate of drug-likeness (QED) is 0.596. The number of likely N-dealkylation sites (N-methyl/N-ethyl adjacent to an activating group) is 1. The van der Waals surface area contributed by atoms with E-state index in [1.54, 1.807) is 20.0 Å². The molecule has 2 N–H and O–H groups in total. The van der Waals surface area contributed by atoms with Crippen LogP contribution in [0.3, 0.4) is 0 Å². The highest BCUT2D eigenvalue weighted by molar-refractivity contribution is 5.99. The molecule has 0 saturated carbocycles. The number of hydrogen-bond acceptors (Lipinski definition) is 3. The molecule has 112 valence electrons. The zero-order valence-corrected chi connectivity index (χ0v) is 12.4. The second-order valence-corrected chi connectivity index (χ2v) is 4.43. The molecule has 1 unspecified atom stereocenters. The van der Waals surface area contributed by atoms with Gasteiger partial charge in [0.05, 0.1) is 0 Å². The minimum Gasteiger partial charge on any atom is -0.355 e. The summed E-state index contributed by atoms with van der Waals surface area (Å²) in [5.74, 6) is -1.30. The van der Waals surface area contributed by atoms with Gasteiger partial charge in [0, 0.05) is 31.0 Å². The summed E-state index contributed by atoms with van der Waals surface area (Å²) in [6, 6.07) is 5.52. The number of ketones is 1. The largest absolute Gasteiger partial charge is 0.355 e. The Hall–Kier alpha value is -1.46. The average Bonchev–Trinajstić information content (AvgIpc) is 2.38. The maximum absolute atomic E-state index is 13.0. The number of hydrogen-bond donors (Lipinski definition) is 2. The first-order valence-corrected chi connectivity index (χ1v) is 6.25. The molecule has 0 radical (unpaired) electrons. The van der Waals surface area contributed by atoms with Gasteiger partial charge in [0.25, 0.3) is 0 Å². The van der Waals surface area contributed by atoms with Crippen molar-refractivity contribution in [2.45, 2.75) is 13.3 Å². The number of benzene rings is 1. The molecule has 0 bridgehead atoms. The summed E-state index contributed by atoms with van der Waals surface area (Å²) in [5, 5.41) is 5.61. The van der Waals surface area contributed by atoms with E-state index in [1.807, 2.05) is 0 Å². The van der Waals surface area contributed by atoms with Gasteiger partial charge in [0.1, 0.15) is 5.82 Å². The second-order valence-electron chi connectivity index (χ2n) is 4.43. The maximum Gasteiger partial charge on any atom is 0.220 e. The third kappa shape index (κ3) is 6.12. The standard InChI is InChI=1S/C14H19FN2O2.ClH/c1-10(8-13(18)17-7-6-16-2)14(19)11-4-3-5-12(15)9-11;/h3-5,9-10,16H,6-8H2,1-2H3,(H,17,18);1H. The first-order chi connectivity index (χ1) is 9.04. The Balaban J connectivity index is 0.00000361. The summed E-state index contributed by atoms with van der Waals surface area (Å²) in [4.78, 5) is 23.6. The summed E-state index contributed by atoms with van der Waals surface area (Å²) in [5.41, 5.74) is 0.301. The van der Waals surface area contributed by atoms with Crippen LogP contribution in [0.25, 0.3) is 0 Å². The SMILES string of the molecule is CNCCNC(=O)CC(C)C(=O)c1cccc(F)c1.Cl. The van der Waals surface area contributed by atoms with Crippen molar-refractivity contribution in [3.05, 3.63) is 35.6 Å². The molecule has 0 fully saturated rings. The summed E-state index contributed by atoms with van der Waals surface area (Å²) in [6.45, 7) is 2.87. The molecule has 0 aromatic heterocycles. The molecule has 0 heterocycles. The minimum atomic E-state index is -0.462. The number of rotatable bonds is 7. The lowest BCUT2D eigenvalue weighted by atomic mass is 9.96. The van der Waals surface area contributed by atoms with Crippen molar-refractivity contribution in [3.8, 4) is 0 Å². The van der Waals surface area contributed by atoms with Crippen LogP contribution in [0.5, 0.6) is 0 Å². The van der Waals surface area contributed by atoms with E-state index in [-0.39, 0.29) is 30.5 Å². The second kappa shape index (κ2) is 9.44.